The smallest absolute Gasteiger partial charge is 0.338 e. The number of ether oxygens (including phenoxy) is 1. The number of hydrogen-bond acceptors (Lipinski definition) is 4. The van der Waals surface area contributed by atoms with Crippen molar-refractivity contribution >= 4 is 11.7 Å². The van der Waals surface area contributed by atoms with E-state index in [1.807, 2.05) is 19.1 Å². The van der Waals surface area contributed by atoms with Crippen LogP contribution < -0.4 is 10.6 Å². The predicted octanol–water partition coefficient (Wildman–Crippen LogP) is 1.95. The van der Waals surface area contributed by atoms with Gasteiger partial charge in [-0.25, -0.2) is 4.79 Å². The van der Waals surface area contributed by atoms with E-state index >= 15 is 0 Å². The maximum absolute atomic E-state index is 11.6. The van der Waals surface area contributed by atoms with Gasteiger partial charge in [0.25, 0.3) is 0 Å². The Labute approximate surface area is 108 Å². The Balaban J connectivity index is 2.15. The third-order valence-corrected chi connectivity index (χ3v) is 3.44. The van der Waals surface area contributed by atoms with Gasteiger partial charge in [-0.1, -0.05) is 6.07 Å². The van der Waals surface area contributed by atoms with Gasteiger partial charge in [-0.05, 0) is 50.6 Å². The van der Waals surface area contributed by atoms with Gasteiger partial charge in [0.15, 0.2) is 0 Å². The molecule has 0 atom stereocenters. The molecule has 0 aliphatic carbocycles. The quantitative estimate of drug-likeness (QED) is 0.803. The third kappa shape index (κ3) is 2.82. The molecule has 0 aromatic heterocycles. The normalized spacial score (nSPS) is 16.3. The SMILES string of the molecule is COC(=O)c1cccc(NC2CCNCC2)c1C. The Morgan fingerprint density at radius 1 is 1.39 bits per heavy atom. The van der Waals surface area contributed by atoms with E-state index in [-0.39, 0.29) is 5.97 Å². The van der Waals surface area contributed by atoms with Crippen molar-refractivity contribution in [1.82, 2.24) is 5.32 Å². The molecule has 2 N–H and O–H groups in total. The largest absolute Gasteiger partial charge is 0.465 e. The summed E-state index contributed by atoms with van der Waals surface area (Å²) in [5.74, 6) is -0.276. The number of hydrogen-bond donors (Lipinski definition) is 2. The first-order valence-electron chi connectivity index (χ1n) is 6.37. The minimum Gasteiger partial charge on any atom is -0.465 e. The van der Waals surface area contributed by atoms with Gasteiger partial charge in [0.05, 0.1) is 12.7 Å². The van der Waals surface area contributed by atoms with Crippen molar-refractivity contribution < 1.29 is 9.53 Å². The van der Waals surface area contributed by atoms with E-state index in [2.05, 4.69) is 10.6 Å². The lowest BCUT2D eigenvalue weighted by Crippen LogP contribution is -2.35. The molecule has 1 aliphatic heterocycles. The van der Waals surface area contributed by atoms with Gasteiger partial charge in [-0.3, -0.25) is 0 Å². The van der Waals surface area contributed by atoms with Crippen LogP contribution in [0.3, 0.4) is 0 Å². The molecule has 0 amide bonds. The maximum atomic E-state index is 11.6. The first-order chi connectivity index (χ1) is 8.72. The zero-order valence-corrected chi connectivity index (χ0v) is 11.0. The molecule has 98 valence electrons. The number of anilines is 1. The van der Waals surface area contributed by atoms with Crippen LogP contribution in [-0.2, 0) is 4.74 Å². The molecule has 1 aromatic carbocycles. The van der Waals surface area contributed by atoms with E-state index < -0.39 is 0 Å². The van der Waals surface area contributed by atoms with E-state index in [4.69, 9.17) is 4.74 Å². The number of nitrogens with one attached hydrogen (secondary N) is 2. The molecule has 1 aromatic rings. The number of benzene rings is 1. The third-order valence-electron chi connectivity index (χ3n) is 3.44. The van der Waals surface area contributed by atoms with Crippen LogP contribution in [0, 0.1) is 6.92 Å². The van der Waals surface area contributed by atoms with Gasteiger partial charge in [0.2, 0.25) is 0 Å². The molecule has 4 heteroatoms. The standard InChI is InChI=1S/C14H20N2O2/c1-10-12(14(17)18-2)4-3-5-13(10)16-11-6-8-15-9-7-11/h3-5,11,15-16H,6-9H2,1-2H3. The Kier molecular flexibility index (Phi) is 4.20. The van der Waals surface area contributed by atoms with Gasteiger partial charge in [-0.15, -0.1) is 0 Å². The molecule has 2 rings (SSSR count). The Morgan fingerprint density at radius 3 is 2.78 bits per heavy atom. The zero-order valence-electron chi connectivity index (χ0n) is 11.0. The average molecular weight is 248 g/mol. The van der Waals surface area contributed by atoms with E-state index in [1.54, 1.807) is 6.07 Å². The summed E-state index contributed by atoms with van der Waals surface area (Å²) in [6, 6.07) is 6.19. The fourth-order valence-corrected chi connectivity index (χ4v) is 2.31. The molecule has 1 heterocycles. The summed E-state index contributed by atoms with van der Waals surface area (Å²) in [6.07, 6.45) is 2.23. The van der Waals surface area contributed by atoms with E-state index in [0.29, 0.717) is 11.6 Å². The highest BCUT2D eigenvalue weighted by Crippen LogP contribution is 2.22. The van der Waals surface area contributed by atoms with Gasteiger partial charge in [0, 0.05) is 11.7 Å². The molecule has 1 aliphatic rings. The summed E-state index contributed by atoms with van der Waals surface area (Å²) in [7, 11) is 1.41. The lowest BCUT2D eigenvalue weighted by molar-refractivity contribution is 0.0600. The molecular formula is C14H20N2O2. The van der Waals surface area contributed by atoms with Crippen molar-refractivity contribution in [3.8, 4) is 0 Å². The molecule has 0 spiro atoms. The Bertz CT molecular complexity index is 426. The van der Waals surface area contributed by atoms with Crippen LogP contribution in [-0.4, -0.2) is 32.2 Å². The van der Waals surface area contributed by atoms with Gasteiger partial charge in [0.1, 0.15) is 0 Å². The van der Waals surface area contributed by atoms with Crippen LogP contribution in [0.15, 0.2) is 18.2 Å². The molecule has 0 saturated carbocycles. The minimum absolute atomic E-state index is 0.276. The number of carbonyl (C=O) groups is 1. The topological polar surface area (TPSA) is 50.4 Å². The molecule has 0 radical (unpaired) electrons. The van der Waals surface area contributed by atoms with E-state index in [9.17, 15) is 4.79 Å². The predicted molar refractivity (Wildman–Crippen MR) is 72.0 cm³/mol. The van der Waals surface area contributed by atoms with Crippen molar-refractivity contribution in [3.05, 3.63) is 29.3 Å². The van der Waals surface area contributed by atoms with Gasteiger partial charge in [-0.2, -0.15) is 0 Å². The van der Waals surface area contributed by atoms with Gasteiger partial charge < -0.3 is 15.4 Å². The van der Waals surface area contributed by atoms with Crippen LogP contribution in [0.4, 0.5) is 5.69 Å². The average Bonchev–Trinajstić information content (AvgIpc) is 2.41. The highest BCUT2D eigenvalue weighted by Gasteiger charge is 2.16. The molecule has 4 nitrogen and oxygen atoms in total. The van der Waals surface area contributed by atoms with E-state index in [1.165, 1.54) is 7.11 Å². The number of rotatable bonds is 3. The maximum Gasteiger partial charge on any atom is 0.338 e. The minimum atomic E-state index is -0.276. The number of carbonyl (C=O) groups excluding carboxylic acids is 1. The summed E-state index contributed by atoms with van der Waals surface area (Å²) >= 11 is 0. The van der Waals surface area contributed by atoms with Crippen LogP contribution in [0.2, 0.25) is 0 Å². The lowest BCUT2D eigenvalue weighted by Gasteiger charge is -2.25. The summed E-state index contributed by atoms with van der Waals surface area (Å²) in [5, 5.41) is 6.86. The van der Waals surface area contributed by atoms with Crippen LogP contribution in [0.1, 0.15) is 28.8 Å². The molecule has 18 heavy (non-hydrogen) atoms. The molecule has 0 bridgehead atoms. The molecule has 1 fully saturated rings. The number of piperidine rings is 1. The molecular weight excluding hydrogens is 228 g/mol. The number of methoxy groups -OCH3 is 1. The second-order valence-electron chi connectivity index (χ2n) is 4.64. The fraction of sp³-hybridized carbons (Fsp3) is 0.500. The summed E-state index contributed by atoms with van der Waals surface area (Å²) in [4.78, 5) is 11.6. The van der Waals surface area contributed by atoms with Crippen molar-refractivity contribution in [2.24, 2.45) is 0 Å². The fourth-order valence-electron chi connectivity index (χ4n) is 2.31. The monoisotopic (exact) mass is 248 g/mol. The van der Waals surface area contributed by atoms with Crippen molar-refractivity contribution in [2.75, 3.05) is 25.5 Å². The van der Waals surface area contributed by atoms with E-state index in [0.717, 1.165) is 37.2 Å². The highest BCUT2D eigenvalue weighted by molar-refractivity contribution is 5.92. The summed E-state index contributed by atoms with van der Waals surface area (Å²) in [6.45, 7) is 4.05. The van der Waals surface area contributed by atoms with Crippen LogP contribution in [0.5, 0.6) is 0 Å². The second kappa shape index (κ2) is 5.87. The molecule has 1 saturated heterocycles. The molecule has 0 unspecified atom stereocenters. The second-order valence-corrected chi connectivity index (χ2v) is 4.64. The number of esters is 1. The Morgan fingerprint density at radius 2 is 2.11 bits per heavy atom. The zero-order chi connectivity index (χ0) is 13.0. The first kappa shape index (κ1) is 12.9. The van der Waals surface area contributed by atoms with Crippen LogP contribution >= 0.6 is 0 Å². The van der Waals surface area contributed by atoms with Crippen molar-refractivity contribution in [3.63, 3.8) is 0 Å². The van der Waals surface area contributed by atoms with Gasteiger partial charge >= 0.3 is 5.97 Å². The summed E-state index contributed by atoms with van der Waals surface area (Å²) in [5.41, 5.74) is 2.63. The van der Waals surface area contributed by atoms with Crippen molar-refractivity contribution in [2.45, 2.75) is 25.8 Å². The highest BCUT2D eigenvalue weighted by atomic mass is 16.5. The first-order valence-corrected chi connectivity index (χ1v) is 6.37. The van der Waals surface area contributed by atoms with Crippen molar-refractivity contribution in [1.29, 1.82) is 0 Å². The lowest BCUT2D eigenvalue weighted by atomic mass is 10.0. The van der Waals surface area contributed by atoms with Crippen LogP contribution in [0.25, 0.3) is 0 Å². The Hall–Kier alpha value is -1.55. The summed E-state index contributed by atoms with van der Waals surface area (Å²) < 4.78 is 4.79.